The summed E-state index contributed by atoms with van der Waals surface area (Å²) in [5.74, 6) is 0.265. The highest BCUT2D eigenvalue weighted by molar-refractivity contribution is 5.83. The number of rotatable bonds is 3. The number of ketones is 1. The van der Waals surface area contributed by atoms with Crippen molar-refractivity contribution in [3.63, 3.8) is 0 Å². The lowest BCUT2D eigenvalue weighted by Crippen LogP contribution is -2.54. The molecule has 0 aromatic heterocycles. The Balaban J connectivity index is 2.11. The zero-order valence-corrected chi connectivity index (χ0v) is 11.2. The van der Waals surface area contributed by atoms with Crippen LogP contribution >= 0.6 is 0 Å². The highest BCUT2D eigenvalue weighted by atomic mass is 16.1. The second-order valence-electron chi connectivity index (χ2n) is 5.70. The molecule has 1 aliphatic carbocycles. The molecule has 2 N–H and O–H groups in total. The van der Waals surface area contributed by atoms with Gasteiger partial charge in [-0.05, 0) is 39.2 Å². The van der Waals surface area contributed by atoms with Gasteiger partial charge in [0.1, 0.15) is 5.78 Å². The van der Waals surface area contributed by atoms with Gasteiger partial charge in [0.05, 0.1) is 6.04 Å². The molecule has 0 aromatic carbocycles. The SMILES string of the molecule is CC(C(N)=O)N1CCCCC1C1CCCCC1=O. The maximum absolute atomic E-state index is 12.1. The molecule has 0 spiro atoms. The van der Waals surface area contributed by atoms with Gasteiger partial charge in [-0.3, -0.25) is 14.5 Å². The van der Waals surface area contributed by atoms with E-state index in [2.05, 4.69) is 4.90 Å². The van der Waals surface area contributed by atoms with Gasteiger partial charge in [0.2, 0.25) is 5.91 Å². The summed E-state index contributed by atoms with van der Waals surface area (Å²) in [5, 5.41) is 0. The van der Waals surface area contributed by atoms with Gasteiger partial charge in [0.25, 0.3) is 0 Å². The summed E-state index contributed by atoms with van der Waals surface area (Å²) in [4.78, 5) is 25.7. The molecule has 3 unspecified atom stereocenters. The number of Topliss-reactive ketones (excluding diaryl/α,β-unsaturated/α-hetero) is 1. The molecule has 2 aliphatic rings. The number of hydrogen-bond donors (Lipinski definition) is 1. The molecule has 1 saturated heterocycles. The molecule has 102 valence electrons. The van der Waals surface area contributed by atoms with E-state index in [0.717, 1.165) is 51.5 Å². The molecule has 1 heterocycles. The maximum atomic E-state index is 12.1. The number of amides is 1. The molecular formula is C14H24N2O2. The zero-order chi connectivity index (χ0) is 13.1. The van der Waals surface area contributed by atoms with Crippen LogP contribution in [0.4, 0.5) is 0 Å². The molecule has 0 aromatic rings. The van der Waals surface area contributed by atoms with Gasteiger partial charge in [0, 0.05) is 18.4 Å². The smallest absolute Gasteiger partial charge is 0.234 e. The first-order chi connectivity index (χ1) is 8.61. The van der Waals surface area contributed by atoms with Crippen LogP contribution in [0.15, 0.2) is 0 Å². The zero-order valence-electron chi connectivity index (χ0n) is 11.2. The summed E-state index contributed by atoms with van der Waals surface area (Å²) in [6.07, 6.45) is 7.20. The summed E-state index contributed by atoms with van der Waals surface area (Å²) >= 11 is 0. The molecule has 2 fully saturated rings. The number of carbonyl (C=O) groups is 2. The molecule has 1 amide bonds. The van der Waals surface area contributed by atoms with Crippen molar-refractivity contribution in [1.29, 1.82) is 0 Å². The van der Waals surface area contributed by atoms with Crippen molar-refractivity contribution in [2.75, 3.05) is 6.54 Å². The van der Waals surface area contributed by atoms with Crippen LogP contribution in [0.2, 0.25) is 0 Å². The van der Waals surface area contributed by atoms with Crippen LogP contribution in [0.5, 0.6) is 0 Å². The molecule has 18 heavy (non-hydrogen) atoms. The van der Waals surface area contributed by atoms with E-state index in [-0.39, 0.29) is 23.9 Å². The van der Waals surface area contributed by atoms with E-state index in [0.29, 0.717) is 5.78 Å². The molecule has 1 saturated carbocycles. The number of nitrogens with two attached hydrogens (primary N) is 1. The molecule has 0 radical (unpaired) electrons. The lowest BCUT2D eigenvalue weighted by atomic mass is 9.78. The Bertz CT molecular complexity index is 330. The number of nitrogens with zero attached hydrogens (tertiary/aromatic N) is 1. The Morgan fingerprint density at radius 3 is 2.67 bits per heavy atom. The van der Waals surface area contributed by atoms with Gasteiger partial charge in [-0.25, -0.2) is 0 Å². The number of likely N-dealkylation sites (tertiary alicyclic amines) is 1. The van der Waals surface area contributed by atoms with E-state index in [9.17, 15) is 9.59 Å². The van der Waals surface area contributed by atoms with Crippen molar-refractivity contribution in [2.45, 2.75) is 64.0 Å². The fraction of sp³-hybridized carbons (Fsp3) is 0.857. The fourth-order valence-corrected chi connectivity index (χ4v) is 3.47. The number of primary amides is 1. The molecule has 2 rings (SSSR count). The third kappa shape index (κ3) is 2.74. The van der Waals surface area contributed by atoms with Crippen LogP contribution in [0.25, 0.3) is 0 Å². The second-order valence-corrected chi connectivity index (χ2v) is 5.70. The van der Waals surface area contributed by atoms with E-state index in [4.69, 9.17) is 5.73 Å². The molecule has 4 heteroatoms. The topological polar surface area (TPSA) is 63.4 Å². The maximum Gasteiger partial charge on any atom is 0.234 e. The van der Waals surface area contributed by atoms with E-state index < -0.39 is 0 Å². The van der Waals surface area contributed by atoms with Crippen LogP contribution in [-0.2, 0) is 9.59 Å². The quantitative estimate of drug-likeness (QED) is 0.827. The van der Waals surface area contributed by atoms with Crippen molar-refractivity contribution in [1.82, 2.24) is 4.90 Å². The lowest BCUT2D eigenvalue weighted by Gasteiger charge is -2.43. The van der Waals surface area contributed by atoms with Crippen LogP contribution in [0, 0.1) is 5.92 Å². The minimum absolute atomic E-state index is 0.140. The minimum atomic E-state index is -0.273. The van der Waals surface area contributed by atoms with E-state index in [1.807, 2.05) is 6.92 Å². The highest BCUT2D eigenvalue weighted by Crippen LogP contribution is 2.32. The van der Waals surface area contributed by atoms with E-state index in [1.165, 1.54) is 0 Å². The van der Waals surface area contributed by atoms with Gasteiger partial charge < -0.3 is 5.73 Å². The third-order valence-electron chi connectivity index (χ3n) is 4.57. The van der Waals surface area contributed by atoms with Crippen molar-refractivity contribution in [3.05, 3.63) is 0 Å². The Labute approximate surface area is 109 Å². The normalized spacial score (nSPS) is 32.2. The van der Waals surface area contributed by atoms with Crippen molar-refractivity contribution in [2.24, 2.45) is 11.7 Å². The Hall–Kier alpha value is -0.900. The number of hydrogen-bond acceptors (Lipinski definition) is 3. The van der Waals surface area contributed by atoms with Gasteiger partial charge in [-0.15, -0.1) is 0 Å². The lowest BCUT2D eigenvalue weighted by molar-refractivity contribution is -0.132. The van der Waals surface area contributed by atoms with Crippen LogP contribution in [0.1, 0.15) is 51.9 Å². The van der Waals surface area contributed by atoms with Gasteiger partial charge in [0.15, 0.2) is 0 Å². The summed E-state index contributed by atoms with van der Waals surface area (Å²) in [7, 11) is 0. The van der Waals surface area contributed by atoms with Gasteiger partial charge in [-0.1, -0.05) is 12.8 Å². The third-order valence-corrected chi connectivity index (χ3v) is 4.57. The van der Waals surface area contributed by atoms with Gasteiger partial charge >= 0.3 is 0 Å². The van der Waals surface area contributed by atoms with Crippen LogP contribution in [-0.4, -0.2) is 35.2 Å². The molecule has 3 atom stereocenters. The predicted octanol–water partition coefficient (Wildman–Crippen LogP) is 1.47. The fourth-order valence-electron chi connectivity index (χ4n) is 3.47. The van der Waals surface area contributed by atoms with Gasteiger partial charge in [-0.2, -0.15) is 0 Å². The first kappa shape index (κ1) is 13.5. The highest BCUT2D eigenvalue weighted by Gasteiger charge is 2.38. The largest absolute Gasteiger partial charge is 0.368 e. The Kier molecular flexibility index (Phi) is 4.38. The summed E-state index contributed by atoms with van der Waals surface area (Å²) in [5.41, 5.74) is 5.43. The average molecular weight is 252 g/mol. The molecule has 1 aliphatic heterocycles. The van der Waals surface area contributed by atoms with Crippen molar-refractivity contribution >= 4 is 11.7 Å². The van der Waals surface area contributed by atoms with E-state index >= 15 is 0 Å². The van der Waals surface area contributed by atoms with Crippen LogP contribution in [0.3, 0.4) is 0 Å². The van der Waals surface area contributed by atoms with E-state index in [1.54, 1.807) is 0 Å². The monoisotopic (exact) mass is 252 g/mol. The molecule has 0 bridgehead atoms. The first-order valence-electron chi connectivity index (χ1n) is 7.19. The van der Waals surface area contributed by atoms with Crippen molar-refractivity contribution < 1.29 is 9.59 Å². The number of carbonyl (C=O) groups excluding carboxylic acids is 2. The summed E-state index contributed by atoms with van der Waals surface area (Å²) in [6, 6.07) is -0.000855. The Morgan fingerprint density at radius 1 is 1.28 bits per heavy atom. The standard InChI is InChI=1S/C14H24N2O2/c1-10(14(15)18)16-9-5-4-7-12(16)11-6-2-3-8-13(11)17/h10-12H,2-9H2,1H3,(H2,15,18). The second kappa shape index (κ2) is 5.83. The molecule has 4 nitrogen and oxygen atoms in total. The average Bonchev–Trinajstić information content (AvgIpc) is 2.38. The summed E-state index contributed by atoms with van der Waals surface area (Å²) < 4.78 is 0. The first-order valence-corrected chi connectivity index (χ1v) is 7.19. The van der Waals surface area contributed by atoms with Crippen LogP contribution < -0.4 is 5.73 Å². The van der Waals surface area contributed by atoms with Crippen molar-refractivity contribution in [3.8, 4) is 0 Å². The molecular weight excluding hydrogens is 228 g/mol. The predicted molar refractivity (Wildman–Crippen MR) is 70.0 cm³/mol. The number of piperidine rings is 1. The minimum Gasteiger partial charge on any atom is -0.368 e. The Morgan fingerprint density at radius 2 is 2.00 bits per heavy atom. The summed E-state index contributed by atoms with van der Waals surface area (Å²) in [6.45, 7) is 2.77.